The first-order valence-electron chi connectivity index (χ1n) is 9.78. The van der Waals surface area contributed by atoms with Crippen molar-refractivity contribution >= 4 is 18.0 Å². The van der Waals surface area contributed by atoms with Crippen molar-refractivity contribution in [3.05, 3.63) is 34.5 Å². The number of likely N-dealkylation sites (tertiary alicyclic amines) is 1. The summed E-state index contributed by atoms with van der Waals surface area (Å²) in [7, 11) is 1.89. The fourth-order valence-electron chi connectivity index (χ4n) is 4.32. The molecular weight excluding hydrogens is 378 g/mol. The molecular formula is C20H30ClN5O2. The Bertz CT molecular complexity index is 790. The van der Waals surface area contributed by atoms with Gasteiger partial charge in [-0.2, -0.15) is 5.10 Å². The van der Waals surface area contributed by atoms with Gasteiger partial charge in [-0.15, -0.1) is 0 Å². The van der Waals surface area contributed by atoms with E-state index in [0.717, 1.165) is 37.1 Å². The molecule has 154 valence electrons. The van der Waals surface area contributed by atoms with Crippen molar-refractivity contribution in [3.8, 4) is 0 Å². The molecule has 3 rings (SSSR count). The summed E-state index contributed by atoms with van der Waals surface area (Å²) in [6.07, 6.45) is 7.34. The highest BCUT2D eigenvalue weighted by Crippen LogP contribution is 2.48. The standard InChI is InChI=1S/C20H30ClN5O2/c1-5-16(22)15(21)10-14-11-20(6-8-26(13-27)9-7-20)28-17(14)19(2,3)18-23-12-24-25(18)4/h10,12-13,17H,5-9,11,22H2,1-4H3/b14-10+,16-15+. The first-order chi connectivity index (χ1) is 13.2. The molecule has 1 atom stereocenters. The van der Waals surface area contributed by atoms with E-state index in [0.29, 0.717) is 30.2 Å². The minimum atomic E-state index is -0.402. The van der Waals surface area contributed by atoms with Crippen LogP contribution in [0.3, 0.4) is 0 Å². The molecule has 1 amide bonds. The molecule has 1 spiro atoms. The highest BCUT2D eigenvalue weighted by Gasteiger charge is 2.51. The number of carbonyl (C=O) groups is 1. The van der Waals surface area contributed by atoms with Crippen LogP contribution in [0, 0.1) is 0 Å². The Kier molecular flexibility index (Phi) is 5.87. The lowest BCUT2D eigenvalue weighted by Crippen LogP contribution is -2.45. The minimum absolute atomic E-state index is 0.198. The van der Waals surface area contributed by atoms with Gasteiger partial charge in [-0.3, -0.25) is 9.48 Å². The summed E-state index contributed by atoms with van der Waals surface area (Å²) in [5.74, 6) is 0.856. The Labute approximate surface area is 171 Å². The number of ether oxygens (including phenoxy) is 1. The predicted octanol–water partition coefficient (Wildman–Crippen LogP) is 2.62. The monoisotopic (exact) mass is 407 g/mol. The maximum Gasteiger partial charge on any atom is 0.209 e. The number of carbonyl (C=O) groups excluding carboxylic acids is 1. The zero-order valence-electron chi connectivity index (χ0n) is 17.1. The number of halogens is 1. The molecule has 8 heteroatoms. The fraction of sp³-hybridized carbons (Fsp3) is 0.650. The van der Waals surface area contributed by atoms with E-state index < -0.39 is 5.41 Å². The van der Waals surface area contributed by atoms with Crippen LogP contribution in [0.15, 0.2) is 28.7 Å². The van der Waals surface area contributed by atoms with Gasteiger partial charge in [-0.05, 0) is 44.8 Å². The molecule has 0 radical (unpaired) electrons. The van der Waals surface area contributed by atoms with Gasteiger partial charge in [0, 0.05) is 32.3 Å². The number of allylic oxidation sites excluding steroid dienone is 3. The lowest BCUT2D eigenvalue weighted by atomic mass is 9.80. The van der Waals surface area contributed by atoms with E-state index in [2.05, 4.69) is 23.9 Å². The Morgan fingerprint density at radius 3 is 2.68 bits per heavy atom. The summed E-state index contributed by atoms with van der Waals surface area (Å²) < 4.78 is 8.53. The van der Waals surface area contributed by atoms with Crippen LogP contribution in [0.25, 0.3) is 0 Å². The lowest BCUT2D eigenvalue weighted by molar-refractivity contribution is -0.126. The highest BCUT2D eigenvalue weighted by atomic mass is 35.5. The van der Waals surface area contributed by atoms with Gasteiger partial charge in [0.05, 0.1) is 22.2 Å². The smallest absolute Gasteiger partial charge is 0.209 e. The summed E-state index contributed by atoms with van der Waals surface area (Å²) in [6, 6.07) is 0. The van der Waals surface area contributed by atoms with Crippen molar-refractivity contribution in [1.29, 1.82) is 0 Å². The summed E-state index contributed by atoms with van der Waals surface area (Å²) in [4.78, 5) is 17.4. The number of hydrogen-bond donors (Lipinski definition) is 1. The molecule has 1 unspecified atom stereocenters. The molecule has 0 aliphatic carbocycles. The Balaban J connectivity index is 1.98. The van der Waals surface area contributed by atoms with Crippen LogP contribution >= 0.6 is 11.6 Å². The summed E-state index contributed by atoms with van der Waals surface area (Å²) in [5, 5.41) is 4.81. The summed E-state index contributed by atoms with van der Waals surface area (Å²) in [5.41, 5.74) is 7.16. The molecule has 0 saturated carbocycles. The largest absolute Gasteiger partial charge is 0.401 e. The number of hydrogen-bond acceptors (Lipinski definition) is 5. The van der Waals surface area contributed by atoms with Gasteiger partial charge in [0.2, 0.25) is 6.41 Å². The van der Waals surface area contributed by atoms with E-state index in [9.17, 15) is 4.79 Å². The molecule has 2 aliphatic rings. The van der Waals surface area contributed by atoms with E-state index in [1.54, 1.807) is 15.9 Å². The number of amides is 1. The summed E-state index contributed by atoms with van der Waals surface area (Å²) in [6.45, 7) is 7.63. The van der Waals surface area contributed by atoms with Gasteiger partial charge in [0.15, 0.2) is 0 Å². The van der Waals surface area contributed by atoms with Crippen LogP contribution in [0.2, 0.25) is 0 Å². The van der Waals surface area contributed by atoms with Crippen molar-refractivity contribution in [2.24, 2.45) is 12.8 Å². The second-order valence-corrected chi connectivity index (χ2v) is 8.78. The molecule has 2 aliphatic heterocycles. The van der Waals surface area contributed by atoms with Crippen LogP contribution in [0.4, 0.5) is 0 Å². The Morgan fingerprint density at radius 1 is 1.46 bits per heavy atom. The average molecular weight is 408 g/mol. The SMILES string of the molecule is CC/C(N)=C(Cl)/C=C1\CC2(CCN(C=O)CC2)OC1C(C)(C)c1ncnn1C. The predicted molar refractivity (Wildman–Crippen MR) is 109 cm³/mol. The zero-order valence-corrected chi connectivity index (χ0v) is 17.9. The molecule has 3 heterocycles. The van der Waals surface area contributed by atoms with E-state index in [4.69, 9.17) is 22.1 Å². The molecule has 2 N–H and O–H groups in total. The Morgan fingerprint density at radius 2 is 2.14 bits per heavy atom. The fourth-order valence-corrected chi connectivity index (χ4v) is 4.60. The van der Waals surface area contributed by atoms with Crippen LogP contribution in [-0.2, 0) is 22.0 Å². The maximum atomic E-state index is 11.1. The van der Waals surface area contributed by atoms with E-state index in [1.807, 2.05) is 20.0 Å². The lowest BCUT2D eigenvalue weighted by Gasteiger charge is -2.39. The van der Waals surface area contributed by atoms with Crippen molar-refractivity contribution < 1.29 is 9.53 Å². The van der Waals surface area contributed by atoms with Gasteiger partial charge in [0.25, 0.3) is 0 Å². The number of nitrogens with zero attached hydrogens (tertiary/aromatic N) is 4. The topological polar surface area (TPSA) is 86.3 Å². The molecule has 1 aromatic rings. The van der Waals surface area contributed by atoms with Gasteiger partial charge in [-0.1, -0.05) is 18.5 Å². The normalized spacial score (nSPS) is 24.7. The molecule has 2 saturated heterocycles. The van der Waals surface area contributed by atoms with Crippen molar-refractivity contribution in [1.82, 2.24) is 19.7 Å². The number of aromatic nitrogens is 3. The third-order valence-electron chi connectivity index (χ3n) is 6.03. The van der Waals surface area contributed by atoms with Crippen LogP contribution in [-0.4, -0.2) is 50.9 Å². The second kappa shape index (κ2) is 7.87. The van der Waals surface area contributed by atoms with Crippen molar-refractivity contribution in [2.45, 2.75) is 63.6 Å². The number of rotatable bonds is 5. The molecule has 7 nitrogen and oxygen atoms in total. The number of aryl methyl sites for hydroxylation is 1. The van der Waals surface area contributed by atoms with E-state index >= 15 is 0 Å². The average Bonchev–Trinajstić information content (AvgIpc) is 3.26. The van der Waals surface area contributed by atoms with Crippen molar-refractivity contribution in [2.75, 3.05) is 13.1 Å². The quantitative estimate of drug-likeness (QED) is 0.758. The van der Waals surface area contributed by atoms with Crippen LogP contribution in [0.1, 0.15) is 52.3 Å². The third kappa shape index (κ3) is 3.82. The molecule has 0 bridgehead atoms. The molecule has 28 heavy (non-hydrogen) atoms. The van der Waals surface area contributed by atoms with Crippen molar-refractivity contribution in [3.63, 3.8) is 0 Å². The van der Waals surface area contributed by atoms with E-state index in [-0.39, 0.29) is 11.7 Å². The first-order valence-corrected chi connectivity index (χ1v) is 10.2. The van der Waals surface area contributed by atoms with E-state index in [1.165, 1.54) is 0 Å². The number of nitrogens with two attached hydrogens (primary N) is 1. The van der Waals surface area contributed by atoms with Gasteiger partial charge < -0.3 is 15.4 Å². The van der Waals surface area contributed by atoms with Gasteiger partial charge in [0.1, 0.15) is 12.2 Å². The highest BCUT2D eigenvalue weighted by molar-refractivity contribution is 6.31. The summed E-state index contributed by atoms with van der Waals surface area (Å²) >= 11 is 6.49. The maximum absolute atomic E-state index is 11.1. The first kappa shape index (κ1) is 20.9. The zero-order chi connectivity index (χ0) is 20.5. The number of piperidine rings is 1. The molecule has 1 aromatic heterocycles. The van der Waals surface area contributed by atoms with Gasteiger partial charge in [-0.25, -0.2) is 4.98 Å². The molecule has 0 aromatic carbocycles. The second-order valence-electron chi connectivity index (χ2n) is 8.37. The minimum Gasteiger partial charge on any atom is -0.401 e. The van der Waals surface area contributed by atoms with Crippen LogP contribution in [0.5, 0.6) is 0 Å². The Hall–Kier alpha value is -1.86. The third-order valence-corrected chi connectivity index (χ3v) is 6.38. The van der Waals surface area contributed by atoms with Gasteiger partial charge >= 0.3 is 0 Å². The van der Waals surface area contributed by atoms with Crippen LogP contribution < -0.4 is 5.73 Å². The molecule has 2 fully saturated rings.